The molecule has 2 aromatic carbocycles. The van der Waals surface area contributed by atoms with E-state index in [1.807, 2.05) is 6.07 Å². The fourth-order valence-electron chi connectivity index (χ4n) is 4.00. The van der Waals surface area contributed by atoms with Gasteiger partial charge in [0.1, 0.15) is 4.21 Å². The number of piperazine rings is 1. The van der Waals surface area contributed by atoms with E-state index in [0.717, 1.165) is 23.6 Å². The first-order valence-corrected chi connectivity index (χ1v) is 13.9. The maximum atomic E-state index is 12.8. The van der Waals surface area contributed by atoms with Crippen LogP contribution >= 0.6 is 11.3 Å². The number of benzene rings is 2. The number of aryl methyl sites for hydroxylation is 1. The maximum absolute atomic E-state index is 12.8. The van der Waals surface area contributed by atoms with Gasteiger partial charge in [-0.3, -0.25) is 4.72 Å². The number of halogens is 3. The Morgan fingerprint density at radius 3 is 2.28 bits per heavy atom. The number of nitrogens with zero attached hydrogens (tertiary/aromatic N) is 2. The monoisotopic (exact) mass is 585 g/mol. The molecule has 1 saturated heterocycles. The molecule has 1 atom stereocenters. The van der Waals surface area contributed by atoms with Crippen LogP contribution in [0.4, 0.5) is 30.2 Å². The molecule has 1 aromatic heterocycles. The number of alkyl halides is 3. The topological polar surface area (TPSA) is 127 Å². The number of aliphatic carboxylic acids is 1. The van der Waals surface area contributed by atoms with Crippen molar-refractivity contribution in [1.29, 1.82) is 0 Å². The predicted octanol–water partition coefficient (Wildman–Crippen LogP) is 4.90. The van der Waals surface area contributed by atoms with Crippen molar-refractivity contribution < 1.29 is 41.4 Å². The summed E-state index contributed by atoms with van der Waals surface area (Å²) in [5.74, 6) is -3.86. The number of aromatic carboxylic acids is 1. The molecule has 0 saturated carbocycles. The van der Waals surface area contributed by atoms with E-state index in [2.05, 4.69) is 46.6 Å². The lowest BCUT2D eigenvalue weighted by Gasteiger charge is -2.43. The third-order valence-electron chi connectivity index (χ3n) is 5.79. The van der Waals surface area contributed by atoms with Crippen molar-refractivity contribution >= 4 is 50.4 Å². The molecule has 4 rings (SSSR count). The van der Waals surface area contributed by atoms with Crippen LogP contribution in [0.1, 0.15) is 22.8 Å². The summed E-state index contributed by atoms with van der Waals surface area (Å²) in [6.07, 6.45) is -5.08. The van der Waals surface area contributed by atoms with Crippen LogP contribution in [0.5, 0.6) is 0 Å². The Balaban J connectivity index is 0.000000532. The molecular formula is C25H26F3N3O6S2. The van der Waals surface area contributed by atoms with Crippen molar-refractivity contribution in [2.24, 2.45) is 0 Å². The molecule has 1 aliphatic heterocycles. The number of sulfonamides is 1. The molecule has 210 valence electrons. The molecule has 0 bridgehead atoms. The van der Waals surface area contributed by atoms with Crippen LogP contribution in [0.25, 0.3) is 0 Å². The molecule has 39 heavy (non-hydrogen) atoms. The van der Waals surface area contributed by atoms with Crippen molar-refractivity contribution in [2.75, 3.05) is 34.2 Å². The number of anilines is 3. The number of nitrogens with one attached hydrogen (secondary N) is 1. The van der Waals surface area contributed by atoms with Crippen LogP contribution in [0.3, 0.4) is 0 Å². The lowest BCUT2D eigenvalue weighted by atomic mass is 10.1. The molecular weight excluding hydrogens is 559 g/mol. The van der Waals surface area contributed by atoms with Crippen molar-refractivity contribution in [1.82, 2.24) is 0 Å². The summed E-state index contributed by atoms with van der Waals surface area (Å²) in [6, 6.07) is 16.3. The lowest BCUT2D eigenvalue weighted by molar-refractivity contribution is -0.192. The van der Waals surface area contributed by atoms with Crippen LogP contribution in [-0.4, -0.2) is 62.4 Å². The number of thiophene rings is 1. The third kappa shape index (κ3) is 7.63. The summed E-state index contributed by atoms with van der Waals surface area (Å²) in [5.41, 5.74) is 3.34. The Labute approximate surface area is 227 Å². The van der Waals surface area contributed by atoms with Gasteiger partial charge in [-0.05, 0) is 61.2 Å². The summed E-state index contributed by atoms with van der Waals surface area (Å²) >= 11 is 1.11. The average molecular weight is 586 g/mol. The fourth-order valence-corrected chi connectivity index (χ4v) is 6.06. The molecule has 1 aliphatic rings. The molecule has 2 heterocycles. The van der Waals surface area contributed by atoms with Gasteiger partial charge in [0.05, 0.1) is 16.9 Å². The lowest BCUT2D eigenvalue weighted by Crippen LogP contribution is -2.52. The second-order valence-electron chi connectivity index (χ2n) is 8.71. The van der Waals surface area contributed by atoms with Crippen LogP contribution in [-0.2, 0) is 14.8 Å². The first-order chi connectivity index (χ1) is 18.2. The summed E-state index contributed by atoms with van der Waals surface area (Å²) in [4.78, 5) is 24.9. The highest BCUT2D eigenvalue weighted by Gasteiger charge is 2.38. The van der Waals surface area contributed by atoms with Crippen molar-refractivity contribution in [3.05, 3.63) is 71.1 Å². The van der Waals surface area contributed by atoms with Gasteiger partial charge in [0.25, 0.3) is 10.0 Å². The maximum Gasteiger partial charge on any atom is 0.490 e. The van der Waals surface area contributed by atoms with Gasteiger partial charge in [-0.2, -0.15) is 13.2 Å². The zero-order chi connectivity index (χ0) is 29.0. The SMILES string of the molecule is Cc1cccc(N2CCN(c3ccc(C(=O)O)cc3NS(=O)(=O)c3cccs3)CC2C)c1.O=C(O)C(F)(F)F. The third-order valence-corrected chi connectivity index (χ3v) is 8.55. The van der Waals surface area contributed by atoms with Crippen molar-refractivity contribution in [3.63, 3.8) is 0 Å². The largest absolute Gasteiger partial charge is 0.490 e. The first kappa shape index (κ1) is 29.8. The number of rotatable bonds is 6. The molecule has 1 unspecified atom stereocenters. The minimum absolute atomic E-state index is 0.0316. The Morgan fingerprint density at radius 2 is 1.74 bits per heavy atom. The Hall–Kier alpha value is -3.78. The van der Waals surface area contributed by atoms with E-state index in [4.69, 9.17) is 9.90 Å². The smallest absolute Gasteiger partial charge is 0.478 e. The number of carboxylic acids is 2. The molecule has 0 radical (unpaired) electrons. The zero-order valence-corrected chi connectivity index (χ0v) is 22.5. The van der Waals surface area contributed by atoms with Gasteiger partial charge in [0.15, 0.2) is 0 Å². The highest BCUT2D eigenvalue weighted by molar-refractivity contribution is 7.94. The van der Waals surface area contributed by atoms with E-state index in [-0.39, 0.29) is 21.5 Å². The Bertz CT molecular complexity index is 1430. The molecule has 1 fully saturated rings. The summed E-state index contributed by atoms with van der Waals surface area (Å²) in [6.45, 7) is 6.32. The average Bonchev–Trinajstić information content (AvgIpc) is 3.40. The number of hydrogen-bond acceptors (Lipinski definition) is 7. The van der Waals surface area contributed by atoms with Crippen LogP contribution in [0.15, 0.2) is 64.2 Å². The van der Waals surface area contributed by atoms with Gasteiger partial charge in [-0.15, -0.1) is 11.3 Å². The van der Waals surface area contributed by atoms with Crippen molar-refractivity contribution in [3.8, 4) is 0 Å². The highest BCUT2D eigenvalue weighted by Crippen LogP contribution is 2.33. The molecule has 0 spiro atoms. The van der Waals surface area contributed by atoms with Crippen LogP contribution < -0.4 is 14.5 Å². The van der Waals surface area contributed by atoms with Crippen molar-refractivity contribution in [2.45, 2.75) is 30.3 Å². The van der Waals surface area contributed by atoms with E-state index in [1.54, 1.807) is 17.5 Å². The first-order valence-electron chi connectivity index (χ1n) is 11.5. The minimum atomic E-state index is -5.08. The summed E-state index contributed by atoms with van der Waals surface area (Å²) in [5, 5.41) is 18.2. The second-order valence-corrected chi connectivity index (χ2v) is 11.6. The second kappa shape index (κ2) is 11.9. The molecule has 0 amide bonds. The van der Waals surface area contributed by atoms with Gasteiger partial charge in [0.2, 0.25) is 0 Å². The van der Waals surface area contributed by atoms with E-state index in [9.17, 15) is 31.5 Å². The molecule has 9 nitrogen and oxygen atoms in total. The van der Waals surface area contributed by atoms with Gasteiger partial charge < -0.3 is 20.0 Å². The molecule has 3 aromatic rings. The van der Waals surface area contributed by atoms with Gasteiger partial charge in [-0.25, -0.2) is 18.0 Å². The van der Waals surface area contributed by atoms with E-state index in [1.165, 1.54) is 23.8 Å². The van der Waals surface area contributed by atoms with Crippen LogP contribution in [0.2, 0.25) is 0 Å². The van der Waals surface area contributed by atoms with Gasteiger partial charge >= 0.3 is 18.1 Å². The zero-order valence-electron chi connectivity index (χ0n) is 20.8. The Kier molecular flexibility index (Phi) is 9.12. The van der Waals surface area contributed by atoms with Gasteiger partial charge in [-0.1, -0.05) is 18.2 Å². The highest BCUT2D eigenvalue weighted by atomic mass is 32.2. The number of carboxylic acid groups (broad SMARTS) is 2. The molecule has 3 N–H and O–H groups in total. The van der Waals surface area contributed by atoms with E-state index in [0.29, 0.717) is 18.8 Å². The van der Waals surface area contributed by atoms with Crippen LogP contribution in [0, 0.1) is 6.92 Å². The molecule has 0 aliphatic carbocycles. The fraction of sp³-hybridized carbons (Fsp3) is 0.280. The predicted molar refractivity (Wildman–Crippen MR) is 142 cm³/mol. The number of hydrogen-bond donors (Lipinski definition) is 3. The summed E-state index contributed by atoms with van der Waals surface area (Å²) in [7, 11) is -3.81. The normalized spacial score (nSPS) is 15.8. The summed E-state index contributed by atoms with van der Waals surface area (Å²) < 4.78 is 60.2. The van der Waals surface area contributed by atoms with Gasteiger partial charge in [0, 0.05) is 31.4 Å². The quantitative estimate of drug-likeness (QED) is 0.373. The molecule has 14 heteroatoms. The number of carbonyl (C=O) groups is 2. The minimum Gasteiger partial charge on any atom is -0.478 e. The van der Waals surface area contributed by atoms with E-state index >= 15 is 0 Å². The Morgan fingerprint density at radius 1 is 1.05 bits per heavy atom. The standard InChI is InChI=1S/C23H25N3O4S2.C2HF3O2/c1-16-5-3-6-19(13-16)26-11-10-25(15-17(26)2)21-9-8-18(23(27)28)14-20(21)24-32(29,30)22-7-4-12-31-22;3-2(4,5)1(6)7/h3-9,12-14,17,24H,10-11,15H2,1-2H3,(H,27,28);(H,6,7). The van der Waals surface area contributed by atoms with E-state index < -0.39 is 28.1 Å².